The van der Waals surface area contributed by atoms with Crippen LogP contribution in [0.5, 0.6) is 0 Å². The molecule has 1 amide bonds. The molecule has 0 radical (unpaired) electrons. The van der Waals surface area contributed by atoms with Crippen molar-refractivity contribution < 1.29 is 4.79 Å². The molecule has 0 saturated heterocycles. The van der Waals surface area contributed by atoms with Gasteiger partial charge in [-0.3, -0.25) is 10.2 Å². The van der Waals surface area contributed by atoms with Crippen molar-refractivity contribution in [1.82, 2.24) is 0 Å². The van der Waals surface area contributed by atoms with Crippen LogP contribution in [0.3, 0.4) is 0 Å². The van der Waals surface area contributed by atoms with E-state index in [4.69, 9.17) is 11.1 Å². The van der Waals surface area contributed by atoms with E-state index in [1.54, 1.807) is 18.2 Å². The van der Waals surface area contributed by atoms with E-state index in [9.17, 15) is 4.79 Å². The zero-order chi connectivity index (χ0) is 14.4. The summed E-state index contributed by atoms with van der Waals surface area (Å²) in [7, 11) is 0. The molecule has 1 aromatic carbocycles. The third-order valence-electron chi connectivity index (χ3n) is 2.59. The first-order chi connectivity index (χ1) is 8.99. The van der Waals surface area contributed by atoms with Crippen molar-refractivity contribution in [2.75, 3.05) is 11.1 Å². The van der Waals surface area contributed by atoms with Crippen molar-refractivity contribution in [2.24, 2.45) is 0 Å². The Hall–Kier alpha value is -2.36. The number of rotatable bonds is 4. The second-order valence-corrected chi connectivity index (χ2v) is 4.10. The molecule has 0 fully saturated rings. The highest BCUT2D eigenvalue weighted by Gasteiger charge is 2.10. The molecule has 0 aliphatic heterocycles. The van der Waals surface area contributed by atoms with Crippen molar-refractivity contribution in [2.45, 2.75) is 20.8 Å². The van der Waals surface area contributed by atoms with Gasteiger partial charge in [-0.05, 0) is 37.6 Å². The molecule has 0 saturated carbocycles. The Bertz CT molecular complexity index is 557. The largest absolute Gasteiger partial charge is 0.398 e. The highest BCUT2D eigenvalue weighted by Crippen LogP contribution is 2.21. The van der Waals surface area contributed by atoms with Crippen LogP contribution in [-0.2, 0) is 4.79 Å². The number of carbonyl (C=O) groups is 1. The van der Waals surface area contributed by atoms with Crippen LogP contribution in [0, 0.1) is 5.41 Å². The first-order valence-electron chi connectivity index (χ1n) is 6.05. The highest BCUT2D eigenvalue weighted by molar-refractivity contribution is 6.15. The minimum Gasteiger partial charge on any atom is -0.398 e. The quantitative estimate of drug-likeness (QED) is 0.440. The zero-order valence-corrected chi connectivity index (χ0v) is 11.4. The third-order valence-corrected chi connectivity index (χ3v) is 2.59. The summed E-state index contributed by atoms with van der Waals surface area (Å²) in [4.78, 5) is 11.1. The van der Waals surface area contributed by atoms with E-state index in [0.717, 1.165) is 5.57 Å². The predicted octanol–water partition coefficient (Wildman–Crippen LogP) is 3.12. The van der Waals surface area contributed by atoms with Crippen LogP contribution in [-0.4, -0.2) is 11.6 Å². The van der Waals surface area contributed by atoms with Gasteiger partial charge in [-0.25, -0.2) is 0 Å². The first-order valence-corrected chi connectivity index (χ1v) is 6.05. The number of allylic oxidation sites excluding steroid dienone is 4. The lowest BCUT2D eigenvalue weighted by Crippen LogP contribution is -2.10. The number of carbonyl (C=O) groups excluding carboxylic acids is 1. The Morgan fingerprint density at radius 3 is 2.58 bits per heavy atom. The molecule has 4 nitrogen and oxygen atoms in total. The fourth-order valence-corrected chi connectivity index (χ4v) is 1.71. The molecule has 0 atom stereocenters. The number of nitrogens with two attached hydrogens (primary N) is 1. The summed E-state index contributed by atoms with van der Waals surface area (Å²) in [6.07, 6.45) is 5.58. The van der Waals surface area contributed by atoms with Gasteiger partial charge in [0.2, 0.25) is 5.91 Å². The topological polar surface area (TPSA) is 79.0 Å². The van der Waals surface area contributed by atoms with Gasteiger partial charge in [-0.15, -0.1) is 0 Å². The van der Waals surface area contributed by atoms with Crippen molar-refractivity contribution in [3.8, 4) is 0 Å². The molecule has 1 aromatic rings. The number of anilines is 2. The molecule has 0 aromatic heterocycles. The summed E-state index contributed by atoms with van der Waals surface area (Å²) in [5, 5.41) is 10.9. The fourth-order valence-electron chi connectivity index (χ4n) is 1.71. The summed E-state index contributed by atoms with van der Waals surface area (Å²) in [6, 6.07) is 5.13. The molecule has 4 N–H and O–H groups in total. The summed E-state index contributed by atoms with van der Waals surface area (Å²) in [5.41, 5.74) is 8.79. The number of benzene rings is 1. The van der Waals surface area contributed by atoms with E-state index >= 15 is 0 Å². The van der Waals surface area contributed by atoms with Crippen molar-refractivity contribution >= 4 is 23.0 Å². The predicted molar refractivity (Wildman–Crippen MR) is 80.6 cm³/mol. The lowest BCUT2D eigenvalue weighted by atomic mass is 9.99. The van der Waals surface area contributed by atoms with Crippen LogP contribution < -0.4 is 11.1 Å². The molecule has 0 aliphatic rings. The monoisotopic (exact) mass is 257 g/mol. The standard InChI is InChI=1S/C15H19N3O/c1-4-6-11(5-2)15(17)13-9-12(18-10(3)19)7-8-14(13)16/h4-9,17H,16H2,1-3H3,(H,18,19)/b6-4-,11-5+,17-15?. The van der Waals surface area contributed by atoms with Crippen molar-refractivity contribution in [3.05, 3.63) is 47.6 Å². The molecule has 1 rings (SSSR count). The van der Waals surface area contributed by atoms with E-state index < -0.39 is 0 Å². The van der Waals surface area contributed by atoms with Gasteiger partial charge in [0.05, 0.1) is 5.71 Å². The molecular weight excluding hydrogens is 238 g/mol. The van der Waals surface area contributed by atoms with Gasteiger partial charge in [-0.1, -0.05) is 18.2 Å². The average molecular weight is 257 g/mol. The fraction of sp³-hybridized carbons (Fsp3) is 0.200. The van der Waals surface area contributed by atoms with Gasteiger partial charge < -0.3 is 11.1 Å². The molecule has 0 unspecified atom stereocenters. The molecule has 19 heavy (non-hydrogen) atoms. The van der Waals surface area contributed by atoms with Crippen LogP contribution in [0.2, 0.25) is 0 Å². The Morgan fingerprint density at radius 2 is 2.05 bits per heavy atom. The maximum absolute atomic E-state index is 11.1. The molecule has 4 heteroatoms. The van der Waals surface area contributed by atoms with E-state index in [1.807, 2.05) is 32.1 Å². The van der Waals surface area contributed by atoms with Crippen molar-refractivity contribution in [3.63, 3.8) is 0 Å². The molecule has 0 spiro atoms. The Kier molecular flexibility index (Phi) is 5.06. The number of nitrogen functional groups attached to an aromatic ring is 1. The zero-order valence-electron chi connectivity index (χ0n) is 11.4. The van der Waals surface area contributed by atoms with Crippen LogP contribution >= 0.6 is 0 Å². The molecule has 0 aliphatic carbocycles. The summed E-state index contributed by atoms with van der Waals surface area (Å²) >= 11 is 0. The summed E-state index contributed by atoms with van der Waals surface area (Å²) in [5.74, 6) is -0.151. The normalized spacial score (nSPS) is 11.6. The minimum atomic E-state index is -0.151. The molecule has 100 valence electrons. The van der Waals surface area contributed by atoms with E-state index in [2.05, 4.69) is 5.32 Å². The Balaban J connectivity index is 3.18. The molecule has 0 heterocycles. The van der Waals surface area contributed by atoms with Gasteiger partial charge >= 0.3 is 0 Å². The second kappa shape index (κ2) is 6.54. The lowest BCUT2D eigenvalue weighted by molar-refractivity contribution is -0.114. The van der Waals surface area contributed by atoms with E-state index in [1.165, 1.54) is 6.92 Å². The maximum Gasteiger partial charge on any atom is 0.221 e. The molecular formula is C15H19N3O. The van der Waals surface area contributed by atoms with Crippen LogP contribution in [0.15, 0.2) is 42.0 Å². The van der Waals surface area contributed by atoms with Gasteiger partial charge in [0.15, 0.2) is 0 Å². The number of hydrogen-bond acceptors (Lipinski definition) is 3. The maximum atomic E-state index is 11.1. The summed E-state index contributed by atoms with van der Waals surface area (Å²) in [6.45, 7) is 5.21. The Morgan fingerprint density at radius 1 is 1.37 bits per heavy atom. The van der Waals surface area contributed by atoms with Gasteiger partial charge in [0, 0.05) is 23.9 Å². The smallest absolute Gasteiger partial charge is 0.221 e. The van der Waals surface area contributed by atoms with E-state index in [0.29, 0.717) is 22.6 Å². The SMILES string of the molecule is C/C=C\C(=C/C)C(=N)c1cc(NC(C)=O)ccc1N. The first kappa shape index (κ1) is 14.7. The highest BCUT2D eigenvalue weighted by atomic mass is 16.1. The van der Waals surface area contributed by atoms with E-state index in [-0.39, 0.29) is 5.91 Å². The second-order valence-electron chi connectivity index (χ2n) is 4.10. The number of amides is 1. The van der Waals surface area contributed by atoms with Gasteiger partial charge in [0.1, 0.15) is 0 Å². The lowest BCUT2D eigenvalue weighted by Gasteiger charge is -2.11. The van der Waals surface area contributed by atoms with Crippen LogP contribution in [0.1, 0.15) is 26.3 Å². The summed E-state index contributed by atoms with van der Waals surface area (Å²) < 4.78 is 0. The average Bonchev–Trinajstić information content (AvgIpc) is 2.37. The Labute approximate surface area is 113 Å². The van der Waals surface area contributed by atoms with Gasteiger partial charge in [0.25, 0.3) is 0 Å². The third kappa shape index (κ3) is 3.81. The molecule has 0 bridgehead atoms. The van der Waals surface area contributed by atoms with Gasteiger partial charge in [-0.2, -0.15) is 0 Å². The van der Waals surface area contributed by atoms with Crippen LogP contribution in [0.4, 0.5) is 11.4 Å². The van der Waals surface area contributed by atoms with Crippen LogP contribution in [0.25, 0.3) is 0 Å². The number of nitrogens with one attached hydrogen (secondary N) is 2. The van der Waals surface area contributed by atoms with Crippen molar-refractivity contribution in [1.29, 1.82) is 5.41 Å². The minimum absolute atomic E-state index is 0.151. The number of hydrogen-bond donors (Lipinski definition) is 3.